The number of thiophene rings is 1. The summed E-state index contributed by atoms with van der Waals surface area (Å²) in [4.78, 5) is 49.8. The molecule has 36 heavy (non-hydrogen) atoms. The highest BCUT2D eigenvalue weighted by atomic mass is 32.1. The zero-order chi connectivity index (χ0) is 25.2. The standard InChI is InChI=1S/C26H26N4O4S2/c1-3-34-21(32)12-17-14-35-26(27-17)28-20(31)13-30-23(16-8-6-7-15(2)11-16)29-24-22(25(30)33)18-9-4-5-10-19(18)36-24/h6-8,11,14H,3-5,9-10,12-13H2,1-2H3,(H,27,28,31). The first-order valence-electron chi connectivity index (χ1n) is 11.9. The number of fused-ring (bicyclic) bond motifs is 3. The van der Waals surface area contributed by atoms with Gasteiger partial charge in [0.15, 0.2) is 5.13 Å². The van der Waals surface area contributed by atoms with Gasteiger partial charge in [-0.25, -0.2) is 9.97 Å². The van der Waals surface area contributed by atoms with E-state index in [9.17, 15) is 14.4 Å². The number of rotatable bonds is 7. The molecule has 0 fully saturated rings. The maximum Gasteiger partial charge on any atom is 0.311 e. The van der Waals surface area contributed by atoms with Crippen LogP contribution in [0.15, 0.2) is 34.4 Å². The second-order valence-electron chi connectivity index (χ2n) is 8.76. The molecule has 0 saturated carbocycles. The second-order valence-corrected chi connectivity index (χ2v) is 10.7. The number of carbonyl (C=O) groups is 2. The van der Waals surface area contributed by atoms with Gasteiger partial charge in [0.2, 0.25) is 5.91 Å². The van der Waals surface area contributed by atoms with E-state index in [4.69, 9.17) is 9.72 Å². The second kappa shape index (κ2) is 10.3. The van der Waals surface area contributed by atoms with Crippen LogP contribution in [0.4, 0.5) is 5.13 Å². The predicted octanol–water partition coefficient (Wildman–Crippen LogP) is 4.51. The number of aromatic nitrogens is 3. The molecule has 1 aliphatic carbocycles. The third kappa shape index (κ3) is 4.96. The van der Waals surface area contributed by atoms with Crippen LogP contribution in [-0.4, -0.2) is 33.0 Å². The van der Waals surface area contributed by atoms with Crippen LogP contribution in [0, 0.1) is 6.92 Å². The Morgan fingerprint density at radius 3 is 2.83 bits per heavy atom. The fourth-order valence-electron chi connectivity index (χ4n) is 4.50. The molecular formula is C26H26N4O4S2. The van der Waals surface area contributed by atoms with E-state index in [0.29, 0.717) is 28.6 Å². The highest BCUT2D eigenvalue weighted by Gasteiger charge is 2.24. The number of hydrogen-bond donors (Lipinski definition) is 1. The summed E-state index contributed by atoms with van der Waals surface area (Å²) in [5, 5.41) is 5.49. The fourth-order valence-corrected chi connectivity index (χ4v) is 6.48. The molecule has 186 valence electrons. The largest absolute Gasteiger partial charge is 0.466 e. The minimum absolute atomic E-state index is 0.0427. The number of benzene rings is 1. The molecule has 1 N–H and O–H groups in total. The Kier molecular flexibility index (Phi) is 6.97. The molecule has 0 spiro atoms. The molecular weight excluding hydrogens is 496 g/mol. The van der Waals surface area contributed by atoms with Gasteiger partial charge in [0.25, 0.3) is 5.56 Å². The highest BCUT2D eigenvalue weighted by molar-refractivity contribution is 7.18. The lowest BCUT2D eigenvalue weighted by Crippen LogP contribution is -2.30. The molecule has 1 aromatic carbocycles. The number of nitrogens with zero attached hydrogens (tertiary/aromatic N) is 3. The molecule has 1 amide bonds. The third-order valence-electron chi connectivity index (χ3n) is 6.08. The maximum absolute atomic E-state index is 13.8. The third-order valence-corrected chi connectivity index (χ3v) is 8.07. The van der Waals surface area contributed by atoms with E-state index in [0.717, 1.165) is 47.2 Å². The first kappa shape index (κ1) is 24.3. The average Bonchev–Trinajstić information content (AvgIpc) is 3.44. The van der Waals surface area contributed by atoms with E-state index in [1.807, 2.05) is 31.2 Å². The zero-order valence-corrected chi connectivity index (χ0v) is 21.8. The Bertz CT molecular complexity index is 1520. The van der Waals surface area contributed by atoms with Crippen molar-refractivity contribution in [1.29, 1.82) is 0 Å². The van der Waals surface area contributed by atoms with E-state index >= 15 is 0 Å². The van der Waals surface area contributed by atoms with E-state index in [2.05, 4.69) is 10.3 Å². The molecule has 0 saturated heterocycles. The van der Waals surface area contributed by atoms with E-state index in [-0.39, 0.29) is 30.4 Å². The van der Waals surface area contributed by atoms with Gasteiger partial charge in [-0.3, -0.25) is 19.0 Å². The van der Waals surface area contributed by atoms with Crippen molar-refractivity contribution in [3.05, 3.63) is 61.7 Å². The molecule has 0 atom stereocenters. The smallest absolute Gasteiger partial charge is 0.311 e. The Morgan fingerprint density at radius 1 is 1.19 bits per heavy atom. The summed E-state index contributed by atoms with van der Waals surface area (Å²) in [7, 11) is 0. The molecule has 5 rings (SSSR count). The van der Waals surface area contributed by atoms with Crippen LogP contribution in [0.1, 0.15) is 41.5 Å². The minimum Gasteiger partial charge on any atom is -0.466 e. The van der Waals surface area contributed by atoms with Gasteiger partial charge < -0.3 is 10.1 Å². The highest BCUT2D eigenvalue weighted by Crippen LogP contribution is 2.35. The SMILES string of the molecule is CCOC(=O)Cc1csc(NC(=O)Cn2c(-c3cccc(C)c3)nc3sc4c(c3c2=O)CCCC4)n1. The predicted molar refractivity (Wildman–Crippen MR) is 142 cm³/mol. The van der Waals surface area contributed by atoms with Crippen LogP contribution < -0.4 is 10.9 Å². The summed E-state index contributed by atoms with van der Waals surface area (Å²) >= 11 is 2.82. The summed E-state index contributed by atoms with van der Waals surface area (Å²) in [5.74, 6) is -0.270. The van der Waals surface area contributed by atoms with Gasteiger partial charge >= 0.3 is 5.97 Å². The van der Waals surface area contributed by atoms with Gasteiger partial charge in [-0.05, 0) is 51.2 Å². The first-order chi connectivity index (χ1) is 17.4. The van der Waals surface area contributed by atoms with Crippen molar-refractivity contribution in [2.24, 2.45) is 0 Å². The number of ether oxygens (including phenoxy) is 1. The lowest BCUT2D eigenvalue weighted by atomic mass is 9.97. The van der Waals surface area contributed by atoms with Crippen molar-refractivity contribution in [2.45, 2.75) is 52.5 Å². The number of carbonyl (C=O) groups excluding carboxylic acids is 2. The van der Waals surface area contributed by atoms with E-state index < -0.39 is 0 Å². The van der Waals surface area contributed by atoms with Crippen LogP contribution in [0.25, 0.3) is 21.6 Å². The average molecular weight is 523 g/mol. The van der Waals surface area contributed by atoms with Gasteiger partial charge in [-0.15, -0.1) is 22.7 Å². The molecule has 0 aliphatic heterocycles. The molecule has 10 heteroatoms. The van der Waals surface area contributed by atoms with Crippen LogP contribution >= 0.6 is 22.7 Å². The van der Waals surface area contributed by atoms with Crippen LogP contribution in [-0.2, 0) is 40.1 Å². The van der Waals surface area contributed by atoms with Crippen LogP contribution in [0.2, 0.25) is 0 Å². The van der Waals surface area contributed by atoms with Crippen molar-refractivity contribution in [3.8, 4) is 11.4 Å². The number of amides is 1. The lowest BCUT2D eigenvalue weighted by Gasteiger charge is -2.14. The quantitative estimate of drug-likeness (QED) is 0.358. The maximum atomic E-state index is 13.8. The minimum atomic E-state index is -0.381. The van der Waals surface area contributed by atoms with Gasteiger partial charge in [0, 0.05) is 15.8 Å². The van der Waals surface area contributed by atoms with E-state index in [1.54, 1.807) is 23.6 Å². The molecule has 0 radical (unpaired) electrons. The van der Waals surface area contributed by atoms with Crippen LogP contribution in [0.5, 0.6) is 0 Å². The van der Waals surface area contributed by atoms with Crippen molar-refractivity contribution in [1.82, 2.24) is 14.5 Å². The molecule has 1 aliphatic rings. The van der Waals surface area contributed by atoms with Crippen LogP contribution in [0.3, 0.4) is 0 Å². The number of hydrogen-bond acceptors (Lipinski definition) is 8. The fraction of sp³-hybridized carbons (Fsp3) is 0.346. The topological polar surface area (TPSA) is 103 Å². The molecule has 0 bridgehead atoms. The van der Waals surface area contributed by atoms with Crippen molar-refractivity contribution in [2.75, 3.05) is 11.9 Å². The Hall–Kier alpha value is -3.37. The summed E-state index contributed by atoms with van der Waals surface area (Å²) in [6.45, 7) is 3.84. The monoisotopic (exact) mass is 522 g/mol. The molecule has 4 aromatic rings. The van der Waals surface area contributed by atoms with Crippen molar-refractivity contribution >= 4 is 49.9 Å². The molecule has 0 unspecified atom stereocenters. The molecule has 8 nitrogen and oxygen atoms in total. The van der Waals surface area contributed by atoms with Gasteiger partial charge in [-0.1, -0.05) is 23.8 Å². The number of nitrogens with one attached hydrogen (secondary N) is 1. The van der Waals surface area contributed by atoms with Gasteiger partial charge in [-0.2, -0.15) is 0 Å². The lowest BCUT2D eigenvalue weighted by molar-refractivity contribution is -0.142. The Balaban J connectivity index is 1.48. The summed E-state index contributed by atoms with van der Waals surface area (Å²) in [6.07, 6.45) is 4.05. The van der Waals surface area contributed by atoms with Gasteiger partial charge in [0.05, 0.1) is 24.1 Å². The number of esters is 1. The number of aryl methyl sites for hydroxylation is 3. The number of anilines is 1. The van der Waals surface area contributed by atoms with E-state index in [1.165, 1.54) is 20.8 Å². The van der Waals surface area contributed by atoms with Crippen molar-refractivity contribution < 1.29 is 14.3 Å². The first-order valence-corrected chi connectivity index (χ1v) is 13.6. The summed E-state index contributed by atoms with van der Waals surface area (Å²) in [6, 6.07) is 7.78. The Morgan fingerprint density at radius 2 is 2.03 bits per heavy atom. The molecule has 3 heterocycles. The van der Waals surface area contributed by atoms with Crippen molar-refractivity contribution in [3.63, 3.8) is 0 Å². The number of thiazole rings is 1. The molecule has 3 aromatic heterocycles. The van der Waals surface area contributed by atoms with Gasteiger partial charge in [0.1, 0.15) is 17.2 Å². The zero-order valence-electron chi connectivity index (χ0n) is 20.1. The summed E-state index contributed by atoms with van der Waals surface area (Å²) in [5.41, 5.74) is 3.26. The summed E-state index contributed by atoms with van der Waals surface area (Å²) < 4.78 is 6.43. The Labute approximate surface area is 216 Å². The normalized spacial score (nSPS) is 12.9.